The van der Waals surface area contributed by atoms with E-state index < -0.39 is 36.1 Å². The normalized spacial score (nSPS) is 16.6. The van der Waals surface area contributed by atoms with Crippen molar-refractivity contribution >= 4 is 28.9 Å². The van der Waals surface area contributed by atoms with Gasteiger partial charge in [-0.3, -0.25) is 14.5 Å². The Morgan fingerprint density at radius 3 is 2.18 bits per heavy atom. The van der Waals surface area contributed by atoms with Crippen LogP contribution in [0.25, 0.3) is 0 Å². The first-order valence-corrected chi connectivity index (χ1v) is 10.4. The van der Waals surface area contributed by atoms with Crippen molar-refractivity contribution in [2.24, 2.45) is 0 Å². The predicted octanol–water partition coefficient (Wildman–Crippen LogP) is 5.01. The lowest BCUT2D eigenvalue weighted by Gasteiger charge is -2.26. The first kappa shape index (κ1) is 22.5. The quantitative estimate of drug-likeness (QED) is 0.564. The maximum Gasteiger partial charge on any atom is 0.416 e. The Hall–Kier alpha value is -3.65. The van der Waals surface area contributed by atoms with Gasteiger partial charge in [-0.2, -0.15) is 13.2 Å². The molecule has 5 nitrogen and oxygen atoms in total. The maximum atomic E-state index is 13.9. The summed E-state index contributed by atoms with van der Waals surface area (Å²) in [5, 5.41) is 9.82. The number of carbonyl (C=O) groups excluding carboxylic acids is 2. The van der Waals surface area contributed by atoms with Gasteiger partial charge in [-0.15, -0.1) is 0 Å². The molecule has 0 spiro atoms. The van der Waals surface area contributed by atoms with Crippen LogP contribution in [0.1, 0.15) is 29.5 Å². The molecule has 0 aromatic heterocycles. The third-order valence-corrected chi connectivity index (χ3v) is 5.68. The van der Waals surface area contributed by atoms with Crippen LogP contribution in [0.3, 0.4) is 0 Å². The smallest absolute Gasteiger partial charge is 0.392 e. The number of halogens is 3. The summed E-state index contributed by atoms with van der Waals surface area (Å²) in [5.74, 6) is -2.60. The number of alkyl halides is 3. The van der Waals surface area contributed by atoms with Crippen molar-refractivity contribution in [3.05, 3.63) is 89.5 Å². The zero-order valence-corrected chi connectivity index (χ0v) is 17.7. The highest BCUT2D eigenvalue weighted by molar-refractivity contribution is 6.23. The van der Waals surface area contributed by atoms with E-state index in [0.717, 1.165) is 17.0 Å². The molecule has 170 valence electrons. The minimum atomic E-state index is -4.63. The average molecular weight is 454 g/mol. The number of hydrogen-bond acceptors (Lipinski definition) is 3. The molecule has 0 bridgehead atoms. The second-order valence-corrected chi connectivity index (χ2v) is 7.58. The fourth-order valence-electron chi connectivity index (χ4n) is 4.13. The minimum absolute atomic E-state index is 0.0276. The number of rotatable bonds is 4. The molecule has 3 aromatic carbocycles. The van der Waals surface area contributed by atoms with Crippen LogP contribution in [0.4, 0.5) is 30.2 Å². The molecule has 1 N–H and O–H groups in total. The molecule has 1 atom stereocenters. The van der Waals surface area contributed by atoms with Gasteiger partial charge in [0.05, 0.1) is 23.5 Å². The van der Waals surface area contributed by atoms with Crippen molar-refractivity contribution < 1.29 is 27.9 Å². The molecule has 1 heterocycles. The molecular formula is C25H21F3N2O3. The summed E-state index contributed by atoms with van der Waals surface area (Å²) < 4.78 is 40.7. The summed E-state index contributed by atoms with van der Waals surface area (Å²) in [7, 11) is 0. The third-order valence-electron chi connectivity index (χ3n) is 5.68. The van der Waals surface area contributed by atoms with E-state index >= 15 is 0 Å². The van der Waals surface area contributed by atoms with Gasteiger partial charge in [0, 0.05) is 12.2 Å². The molecule has 0 radical (unpaired) electrons. The number of likely N-dealkylation sites (N-methyl/N-ethyl adjacent to an activating group) is 1. The fourth-order valence-corrected chi connectivity index (χ4v) is 4.13. The number of hydrogen-bond donors (Lipinski definition) is 1. The number of aliphatic hydroxyl groups excluding tert-OH is 1. The molecule has 33 heavy (non-hydrogen) atoms. The van der Waals surface area contributed by atoms with Crippen LogP contribution in [0, 0.1) is 0 Å². The fraction of sp³-hybridized carbons (Fsp3) is 0.200. The highest BCUT2D eigenvalue weighted by Gasteiger charge is 2.43. The van der Waals surface area contributed by atoms with Gasteiger partial charge in [0.2, 0.25) is 11.8 Å². The molecule has 4 rings (SSSR count). The molecular weight excluding hydrogens is 433 g/mol. The summed E-state index contributed by atoms with van der Waals surface area (Å²) >= 11 is 0. The van der Waals surface area contributed by atoms with Crippen LogP contribution in [0.5, 0.6) is 0 Å². The molecule has 1 aliphatic rings. The van der Waals surface area contributed by atoms with E-state index in [9.17, 15) is 27.9 Å². The van der Waals surface area contributed by atoms with E-state index in [-0.39, 0.29) is 17.9 Å². The zero-order chi connectivity index (χ0) is 23.8. The lowest BCUT2D eigenvalue weighted by molar-refractivity contribution is -0.137. The van der Waals surface area contributed by atoms with Crippen molar-refractivity contribution in [3.63, 3.8) is 0 Å². The molecule has 0 aliphatic carbocycles. The van der Waals surface area contributed by atoms with Gasteiger partial charge in [-0.1, -0.05) is 42.5 Å². The van der Waals surface area contributed by atoms with E-state index in [1.807, 2.05) is 0 Å². The number of benzene rings is 3. The molecule has 0 fully saturated rings. The highest BCUT2D eigenvalue weighted by Crippen LogP contribution is 2.44. The second-order valence-electron chi connectivity index (χ2n) is 7.58. The van der Waals surface area contributed by atoms with Crippen LogP contribution in [-0.2, 0) is 22.4 Å². The highest BCUT2D eigenvalue weighted by atomic mass is 19.4. The summed E-state index contributed by atoms with van der Waals surface area (Å²) in [5.41, 5.74) is 0.304. The lowest BCUT2D eigenvalue weighted by Crippen LogP contribution is -2.39. The van der Waals surface area contributed by atoms with Crippen LogP contribution in [0.15, 0.2) is 72.8 Å². The summed E-state index contributed by atoms with van der Waals surface area (Å²) in [4.78, 5) is 30.1. The van der Waals surface area contributed by atoms with E-state index in [2.05, 4.69) is 0 Å². The summed E-state index contributed by atoms with van der Waals surface area (Å²) in [6.45, 7) is 1.44. The van der Waals surface area contributed by atoms with E-state index in [1.54, 1.807) is 61.5 Å². The Bertz CT molecular complexity index is 1200. The van der Waals surface area contributed by atoms with Gasteiger partial charge in [-0.25, -0.2) is 0 Å². The minimum Gasteiger partial charge on any atom is -0.392 e. The van der Waals surface area contributed by atoms with E-state index in [1.165, 1.54) is 11.0 Å². The first-order chi connectivity index (χ1) is 15.8. The molecule has 1 unspecified atom stereocenters. The summed E-state index contributed by atoms with van der Waals surface area (Å²) in [6.07, 6.45) is -4.63. The zero-order valence-electron chi connectivity index (χ0n) is 17.7. The number of aliphatic hydroxyl groups is 1. The van der Waals surface area contributed by atoms with Crippen molar-refractivity contribution in [2.75, 3.05) is 16.3 Å². The van der Waals surface area contributed by atoms with Crippen LogP contribution in [0.2, 0.25) is 0 Å². The Morgan fingerprint density at radius 1 is 0.879 bits per heavy atom. The van der Waals surface area contributed by atoms with Gasteiger partial charge < -0.3 is 10.0 Å². The Morgan fingerprint density at radius 2 is 1.55 bits per heavy atom. The van der Waals surface area contributed by atoms with Crippen LogP contribution < -0.4 is 9.80 Å². The van der Waals surface area contributed by atoms with E-state index in [0.29, 0.717) is 16.8 Å². The third kappa shape index (κ3) is 3.98. The van der Waals surface area contributed by atoms with Gasteiger partial charge in [0.25, 0.3) is 0 Å². The second kappa shape index (κ2) is 8.71. The number of para-hydroxylation sites is 1. The Labute approximate surface area is 188 Å². The molecule has 0 saturated heterocycles. The Kier molecular flexibility index (Phi) is 5.95. The number of nitrogens with zero attached hydrogens (tertiary/aromatic N) is 2. The number of fused-ring (bicyclic) bond motifs is 1. The SMILES string of the molecule is CCN1C(=O)C(c2ccccc2CO)C(=O)N(c2ccccc2)c2cc(C(F)(F)F)ccc21. The number of carbonyl (C=O) groups is 2. The van der Waals surface area contributed by atoms with Crippen molar-refractivity contribution in [2.45, 2.75) is 25.6 Å². The van der Waals surface area contributed by atoms with Gasteiger partial charge >= 0.3 is 6.18 Å². The molecule has 3 aromatic rings. The monoisotopic (exact) mass is 454 g/mol. The van der Waals surface area contributed by atoms with Gasteiger partial charge in [0.15, 0.2) is 0 Å². The van der Waals surface area contributed by atoms with Crippen molar-refractivity contribution in [1.82, 2.24) is 0 Å². The first-order valence-electron chi connectivity index (χ1n) is 10.4. The van der Waals surface area contributed by atoms with Crippen LogP contribution in [-0.4, -0.2) is 23.5 Å². The van der Waals surface area contributed by atoms with Gasteiger partial charge in [-0.05, 0) is 48.4 Å². The molecule has 8 heteroatoms. The number of amides is 2. The standard InChI is InChI=1S/C25H21F3N2O3/c1-2-29-20-13-12-17(25(26,27)28)14-21(20)30(18-9-4-3-5-10-18)24(33)22(23(29)32)19-11-7-6-8-16(19)15-31/h3-14,22,31H,2,15H2,1H3. The predicted molar refractivity (Wildman–Crippen MR) is 118 cm³/mol. The van der Waals surface area contributed by atoms with Crippen molar-refractivity contribution in [1.29, 1.82) is 0 Å². The van der Waals surface area contributed by atoms with Gasteiger partial charge in [0.1, 0.15) is 5.92 Å². The largest absolute Gasteiger partial charge is 0.416 e. The molecule has 2 amide bonds. The topological polar surface area (TPSA) is 60.9 Å². The van der Waals surface area contributed by atoms with E-state index in [4.69, 9.17) is 0 Å². The van der Waals surface area contributed by atoms with Crippen LogP contribution >= 0.6 is 0 Å². The Balaban J connectivity index is 2.02. The average Bonchev–Trinajstić information content (AvgIpc) is 2.89. The maximum absolute atomic E-state index is 13.9. The number of anilines is 3. The lowest BCUT2D eigenvalue weighted by atomic mass is 9.92. The van der Waals surface area contributed by atoms with Crippen molar-refractivity contribution in [3.8, 4) is 0 Å². The summed E-state index contributed by atoms with van der Waals surface area (Å²) in [6, 6.07) is 17.8. The molecule has 0 saturated carbocycles. The molecule has 1 aliphatic heterocycles.